The molecule has 1 N–H and O–H groups in total. The van der Waals surface area contributed by atoms with Gasteiger partial charge in [-0.25, -0.2) is 4.98 Å². The Hall–Kier alpha value is -3.78. The molecule has 0 aliphatic rings. The van der Waals surface area contributed by atoms with E-state index < -0.39 is 0 Å². The molecule has 136 valence electrons. The topological polar surface area (TPSA) is 81.4 Å². The van der Waals surface area contributed by atoms with Crippen LogP contribution in [0.2, 0.25) is 0 Å². The van der Waals surface area contributed by atoms with Gasteiger partial charge in [-0.15, -0.1) is 21.5 Å². The molecule has 3 aromatic heterocycles. The minimum atomic E-state index is -0.157. The third-order valence-corrected chi connectivity index (χ3v) is 5.02. The lowest BCUT2D eigenvalue weighted by atomic mass is 10.3. The number of benzene rings is 2. The van der Waals surface area contributed by atoms with Crippen LogP contribution in [-0.2, 0) is 0 Å². The molecule has 0 atom stereocenters. The third-order valence-electron chi connectivity index (χ3n) is 4.15. The van der Waals surface area contributed by atoms with Crippen molar-refractivity contribution in [2.75, 3.05) is 5.32 Å². The highest BCUT2D eigenvalue weighted by atomic mass is 32.1. The van der Waals surface area contributed by atoms with Crippen LogP contribution >= 0.6 is 11.3 Å². The van der Waals surface area contributed by atoms with E-state index in [0.29, 0.717) is 27.8 Å². The van der Waals surface area contributed by atoms with Crippen LogP contribution in [-0.4, -0.2) is 25.5 Å². The maximum absolute atomic E-state index is 12.3. The van der Waals surface area contributed by atoms with Crippen molar-refractivity contribution < 1.29 is 9.53 Å². The summed E-state index contributed by atoms with van der Waals surface area (Å²) in [5.41, 5.74) is 2.82. The number of thiophene rings is 1. The van der Waals surface area contributed by atoms with Crippen molar-refractivity contribution >= 4 is 39.6 Å². The van der Waals surface area contributed by atoms with E-state index in [4.69, 9.17) is 4.74 Å². The van der Waals surface area contributed by atoms with E-state index >= 15 is 0 Å². The molecule has 0 radical (unpaired) electrons. The zero-order valence-electron chi connectivity index (χ0n) is 14.4. The second-order valence-corrected chi connectivity index (χ2v) is 6.94. The van der Waals surface area contributed by atoms with E-state index in [-0.39, 0.29) is 5.91 Å². The monoisotopic (exact) mass is 387 g/mol. The van der Waals surface area contributed by atoms with Gasteiger partial charge in [0, 0.05) is 11.8 Å². The van der Waals surface area contributed by atoms with Crippen LogP contribution in [0.3, 0.4) is 0 Å². The number of nitrogens with zero attached hydrogens (tertiary/aromatic N) is 4. The summed E-state index contributed by atoms with van der Waals surface area (Å²) >= 11 is 1.39. The molecule has 0 spiro atoms. The summed E-state index contributed by atoms with van der Waals surface area (Å²) in [6.07, 6.45) is 1.63. The minimum Gasteiger partial charge on any atom is -0.436 e. The van der Waals surface area contributed by atoms with Gasteiger partial charge in [0.05, 0.1) is 15.9 Å². The molecule has 5 aromatic rings. The molecule has 3 heterocycles. The molecular weight excluding hydrogens is 374 g/mol. The van der Waals surface area contributed by atoms with Crippen molar-refractivity contribution in [2.24, 2.45) is 0 Å². The molecule has 0 bridgehead atoms. The molecular formula is C20H13N5O2S. The molecule has 2 aromatic carbocycles. The number of anilines is 1. The smallest absolute Gasteiger partial charge is 0.266 e. The first-order valence-electron chi connectivity index (χ1n) is 8.49. The number of aromatic nitrogens is 4. The average Bonchev–Trinajstić information content (AvgIpc) is 3.41. The first-order valence-corrected chi connectivity index (χ1v) is 9.37. The summed E-state index contributed by atoms with van der Waals surface area (Å²) in [7, 11) is 0. The van der Waals surface area contributed by atoms with Crippen molar-refractivity contribution in [2.45, 2.75) is 0 Å². The van der Waals surface area contributed by atoms with Crippen LogP contribution in [0.15, 0.2) is 72.4 Å². The highest BCUT2D eigenvalue weighted by molar-refractivity contribution is 7.12. The van der Waals surface area contributed by atoms with E-state index in [2.05, 4.69) is 20.5 Å². The summed E-state index contributed by atoms with van der Waals surface area (Å²) < 4.78 is 7.82. The maximum atomic E-state index is 12.3. The number of carbonyl (C=O) groups is 1. The number of para-hydroxylation sites is 2. The number of rotatable bonds is 4. The lowest BCUT2D eigenvalue weighted by molar-refractivity contribution is 0.103. The van der Waals surface area contributed by atoms with Crippen molar-refractivity contribution in [1.82, 2.24) is 19.6 Å². The summed E-state index contributed by atoms with van der Waals surface area (Å²) in [4.78, 5) is 17.5. The molecule has 1 amide bonds. The molecule has 8 heteroatoms. The second-order valence-electron chi connectivity index (χ2n) is 5.99. The summed E-state index contributed by atoms with van der Waals surface area (Å²) in [6, 6.07) is 18.5. The van der Waals surface area contributed by atoms with E-state index in [0.717, 1.165) is 11.0 Å². The normalized spacial score (nSPS) is 11.0. The zero-order chi connectivity index (χ0) is 18.9. The maximum Gasteiger partial charge on any atom is 0.266 e. The summed E-state index contributed by atoms with van der Waals surface area (Å²) in [5.74, 6) is 0.727. The molecule has 7 nitrogen and oxygen atoms in total. The van der Waals surface area contributed by atoms with Gasteiger partial charge in [0.15, 0.2) is 0 Å². The van der Waals surface area contributed by atoms with Gasteiger partial charge < -0.3 is 10.1 Å². The first kappa shape index (κ1) is 16.4. The van der Waals surface area contributed by atoms with Crippen LogP contribution in [0.5, 0.6) is 11.6 Å². The Kier molecular flexibility index (Phi) is 3.95. The Labute approximate surface area is 163 Å². The molecule has 0 unspecified atom stereocenters. The molecule has 5 rings (SSSR count). The number of hydrogen-bond donors (Lipinski definition) is 1. The van der Waals surface area contributed by atoms with Crippen LogP contribution in [0, 0.1) is 0 Å². The lowest BCUT2D eigenvalue weighted by Gasteiger charge is -2.10. The predicted molar refractivity (Wildman–Crippen MR) is 107 cm³/mol. The van der Waals surface area contributed by atoms with Crippen LogP contribution in [0.25, 0.3) is 16.7 Å². The molecule has 0 fully saturated rings. The van der Waals surface area contributed by atoms with Gasteiger partial charge in [-0.1, -0.05) is 24.3 Å². The van der Waals surface area contributed by atoms with Gasteiger partial charge >= 0.3 is 0 Å². The van der Waals surface area contributed by atoms with E-state index in [9.17, 15) is 4.79 Å². The number of nitrogens with one attached hydrogen (secondary N) is 1. The van der Waals surface area contributed by atoms with Gasteiger partial charge in [-0.2, -0.15) is 0 Å². The van der Waals surface area contributed by atoms with E-state index in [1.54, 1.807) is 36.7 Å². The van der Waals surface area contributed by atoms with Gasteiger partial charge in [-0.05, 0) is 35.7 Å². The fourth-order valence-electron chi connectivity index (χ4n) is 2.90. The van der Waals surface area contributed by atoms with Gasteiger partial charge in [0.2, 0.25) is 5.65 Å². The number of ether oxygens (including phenoxy) is 1. The zero-order valence-corrected chi connectivity index (χ0v) is 15.3. The Morgan fingerprint density at radius 1 is 1.07 bits per heavy atom. The summed E-state index contributed by atoms with van der Waals surface area (Å²) in [5, 5.41) is 12.8. The highest BCUT2D eigenvalue weighted by Gasteiger charge is 2.13. The van der Waals surface area contributed by atoms with Crippen LogP contribution < -0.4 is 10.1 Å². The Bertz CT molecular complexity index is 1300. The van der Waals surface area contributed by atoms with Crippen molar-refractivity contribution in [3.8, 4) is 11.6 Å². The van der Waals surface area contributed by atoms with E-state index in [1.165, 1.54) is 11.3 Å². The second kappa shape index (κ2) is 6.75. The minimum absolute atomic E-state index is 0.157. The number of fused-ring (bicyclic) bond motifs is 3. The number of carbonyl (C=O) groups excluding carboxylic acids is 1. The first-order chi connectivity index (χ1) is 13.8. The van der Waals surface area contributed by atoms with Crippen molar-refractivity contribution in [3.05, 3.63) is 77.2 Å². The predicted octanol–water partition coefficient (Wildman–Crippen LogP) is 4.38. The Morgan fingerprint density at radius 2 is 2.00 bits per heavy atom. The SMILES string of the molecule is O=C(Nc1cccc(Oc2nc3ccccc3n3cnnc23)c1)c1cccs1. The van der Waals surface area contributed by atoms with Gasteiger partial charge in [0.1, 0.15) is 12.1 Å². The fraction of sp³-hybridized carbons (Fsp3) is 0. The van der Waals surface area contributed by atoms with Crippen LogP contribution in [0.4, 0.5) is 5.69 Å². The fourth-order valence-corrected chi connectivity index (χ4v) is 3.52. The standard InChI is InChI=1S/C20H13N5O2S/c26-19(17-9-4-10-28-17)22-13-5-3-6-14(11-13)27-20-18-24-21-12-25(18)16-8-2-1-7-15(16)23-20/h1-12H,(H,22,26). The largest absolute Gasteiger partial charge is 0.436 e. The molecule has 0 saturated carbocycles. The average molecular weight is 387 g/mol. The van der Waals surface area contributed by atoms with Gasteiger partial charge in [0.25, 0.3) is 11.8 Å². The van der Waals surface area contributed by atoms with Crippen molar-refractivity contribution in [3.63, 3.8) is 0 Å². The molecule has 28 heavy (non-hydrogen) atoms. The van der Waals surface area contributed by atoms with E-state index in [1.807, 2.05) is 40.1 Å². The van der Waals surface area contributed by atoms with Gasteiger partial charge in [-0.3, -0.25) is 9.20 Å². The number of amides is 1. The molecule has 0 aliphatic heterocycles. The molecule has 0 saturated heterocycles. The lowest BCUT2D eigenvalue weighted by Crippen LogP contribution is -2.09. The highest BCUT2D eigenvalue weighted by Crippen LogP contribution is 2.28. The molecule has 0 aliphatic carbocycles. The summed E-state index contributed by atoms with van der Waals surface area (Å²) in [6.45, 7) is 0. The Morgan fingerprint density at radius 3 is 2.89 bits per heavy atom. The van der Waals surface area contributed by atoms with Crippen molar-refractivity contribution in [1.29, 1.82) is 0 Å². The van der Waals surface area contributed by atoms with Crippen LogP contribution in [0.1, 0.15) is 9.67 Å². The quantitative estimate of drug-likeness (QED) is 0.495. The Balaban J connectivity index is 1.48. The number of hydrogen-bond acceptors (Lipinski definition) is 6. The third kappa shape index (κ3) is 2.95.